The Morgan fingerprint density at radius 3 is 2.33 bits per heavy atom. The van der Waals surface area contributed by atoms with Crippen molar-refractivity contribution in [1.82, 2.24) is 0 Å². The molecular formula is C30H26BrNO6S. The van der Waals surface area contributed by atoms with Crippen LogP contribution in [0.15, 0.2) is 98.5 Å². The second-order valence-corrected chi connectivity index (χ2v) is 10.1. The molecule has 3 aromatic carbocycles. The van der Waals surface area contributed by atoms with Crippen LogP contribution in [-0.2, 0) is 16.1 Å². The number of halogens is 1. The summed E-state index contributed by atoms with van der Waals surface area (Å²) in [5.41, 5.74) is 1.90. The summed E-state index contributed by atoms with van der Waals surface area (Å²) in [6.07, 6.45) is 1.68. The predicted molar refractivity (Wildman–Crippen MR) is 156 cm³/mol. The smallest absolute Gasteiger partial charge is 0.344 e. The lowest BCUT2D eigenvalue weighted by atomic mass is 10.1. The van der Waals surface area contributed by atoms with Crippen LogP contribution in [-0.4, -0.2) is 35.2 Å². The van der Waals surface area contributed by atoms with Crippen molar-refractivity contribution in [2.45, 2.75) is 20.5 Å². The molecule has 200 valence electrons. The summed E-state index contributed by atoms with van der Waals surface area (Å²) in [4.78, 5) is 29.9. The first kappa shape index (κ1) is 28.2. The highest BCUT2D eigenvalue weighted by molar-refractivity contribution is 9.10. The topological polar surface area (TPSA) is 94.4 Å². The van der Waals surface area contributed by atoms with Gasteiger partial charge in [-0.15, -0.1) is 0 Å². The molecule has 0 saturated heterocycles. The van der Waals surface area contributed by atoms with E-state index in [1.54, 1.807) is 49.4 Å². The fourth-order valence-corrected chi connectivity index (χ4v) is 5.27. The summed E-state index contributed by atoms with van der Waals surface area (Å²) in [6.45, 7) is 4.42. The Hall–Kier alpha value is -3.82. The fraction of sp³-hybridized carbons (Fsp3) is 0.167. The van der Waals surface area contributed by atoms with Crippen molar-refractivity contribution in [1.29, 1.82) is 0 Å². The number of aliphatic hydroxyl groups is 1. The summed E-state index contributed by atoms with van der Waals surface area (Å²) < 4.78 is 17.7. The number of hydrogen-bond donors (Lipinski definition) is 1. The normalized spacial score (nSPS) is 15.1. The first-order valence-corrected chi connectivity index (χ1v) is 13.8. The van der Waals surface area contributed by atoms with Crippen molar-refractivity contribution in [2.75, 3.05) is 13.2 Å². The molecule has 0 fully saturated rings. The zero-order valence-corrected chi connectivity index (χ0v) is 23.8. The summed E-state index contributed by atoms with van der Waals surface area (Å²) >= 11 is 4.59. The van der Waals surface area contributed by atoms with E-state index in [2.05, 4.69) is 20.9 Å². The van der Waals surface area contributed by atoms with E-state index in [-0.39, 0.29) is 23.0 Å². The highest BCUT2D eigenvalue weighted by atomic mass is 79.9. The molecule has 7 nitrogen and oxygen atoms in total. The lowest BCUT2D eigenvalue weighted by Crippen LogP contribution is -2.14. The number of aliphatic hydroxyl groups excluding tert-OH is 1. The Balaban J connectivity index is 1.68. The lowest BCUT2D eigenvalue weighted by Gasteiger charge is -2.15. The maximum Gasteiger partial charge on any atom is 0.344 e. The lowest BCUT2D eigenvalue weighted by molar-refractivity contribution is -0.138. The minimum absolute atomic E-state index is 0.0676. The van der Waals surface area contributed by atoms with Crippen LogP contribution < -0.4 is 9.47 Å². The Kier molecular flexibility index (Phi) is 9.62. The second kappa shape index (κ2) is 13.3. The minimum atomic E-state index is -0.758. The molecule has 0 unspecified atom stereocenters. The number of ether oxygens (including phenoxy) is 3. The van der Waals surface area contributed by atoms with Gasteiger partial charge in [-0.05, 0) is 71.2 Å². The van der Waals surface area contributed by atoms with Gasteiger partial charge in [0.25, 0.3) is 5.91 Å². The number of carbonyl (C=O) groups is 2. The largest absolute Gasteiger partial charge is 0.506 e. The van der Waals surface area contributed by atoms with Crippen molar-refractivity contribution < 1.29 is 28.9 Å². The Labute approximate surface area is 239 Å². The standard InChI is InChI=1S/C30H26BrNO6S/c1-3-36-23-16-20(15-22(31)27(23)38-18-19-11-7-5-8-12-19)17-24-26(33)25(30(35)37-4-2)29(39-24)32-28(34)21-13-9-6-10-14-21/h5-17,33H,3-4,18H2,1-2H3/b24-17-,32-29?. The molecule has 0 atom stereocenters. The maximum atomic E-state index is 12.7. The number of aliphatic imine (C=N–C) groups is 1. The van der Waals surface area contributed by atoms with Crippen molar-refractivity contribution in [3.8, 4) is 11.5 Å². The molecule has 1 heterocycles. The van der Waals surface area contributed by atoms with Gasteiger partial charge in [0, 0.05) is 5.56 Å². The zero-order valence-electron chi connectivity index (χ0n) is 21.3. The van der Waals surface area contributed by atoms with Crippen LogP contribution in [0.3, 0.4) is 0 Å². The van der Waals surface area contributed by atoms with Gasteiger partial charge in [-0.3, -0.25) is 4.79 Å². The van der Waals surface area contributed by atoms with Crippen molar-refractivity contribution in [2.24, 2.45) is 4.99 Å². The van der Waals surface area contributed by atoms with Gasteiger partial charge in [0.1, 0.15) is 23.0 Å². The molecule has 0 aliphatic carbocycles. The molecule has 0 aromatic heterocycles. The van der Waals surface area contributed by atoms with Crippen LogP contribution in [0.1, 0.15) is 35.3 Å². The van der Waals surface area contributed by atoms with Crippen molar-refractivity contribution >= 4 is 50.7 Å². The molecule has 9 heteroatoms. The number of benzene rings is 3. The Bertz CT molecular complexity index is 1450. The van der Waals surface area contributed by atoms with Gasteiger partial charge in [-0.2, -0.15) is 0 Å². The Morgan fingerprint density at radius 1 is 0.974 bits per heavy atom. The number of nitrogens with zero attached hydrogens (tertiary/aromatic N) is 1. The summed E-state index contributed by atoms with van der Waals surface area (Å²) in [6, 6.07) is 21.9. The van der Waals surface area contributed by atoms with Gasteiger partial charge in [0.15, 0.2) is 11.5 Å². The van der Waals surface area contributed by atoms with Gasteiger partial charge in [0.2, 0.25) is 0 Å². The van der Waals surface area contributed by atoms with Gasteiger partial charge in [-0.25, -0.2) is 9.79 Å². The Morgan fingerprint density at radius 2 is 1.67 bits per heavy atom. The number of carbonyl (C=O) groups excluding carboxylic acids is 2. The summed E-state index contributed by atoms with van der Waals surface area (Å²) in [5, 5.41) is 11.1. The third-order valence-corrected chi connectivity index (χ3v) is 7.06. The molecule has 3 aromatic rings. The van der Waals surface area contributed by atoms with Crippen LogP contribution in [0, 0.1) is 0 Å². The molecular weight excluding hydrogens is 582 g/mol. The molecule has 0 saturated carbocycles. The molecule has 39 heavy (non-hydrogen) atoms. The van der Waals surface area contributed by atoms with Crippen molar-refractivity contribution in [3.05, 3.63) is 110 Å². The fourth-order valence-electron chi connectivity index (χ4n) is 3.68. The highest BCUT2D eigenvalue weighted by Gasteiger charge is 2.34. The van der Waals surface area contributed by atoms with E-state index >= 15 is 0 Å². The third-order valence-electron chi connectivity index (χ3n) is 5.45. The average molecular weight is 609 g/mol. The molecule has 1 aliphatic rings. The van der Waals surface area contributed by atoms with E-state index < -0.39 is 11.9 Å². The van der Waals surface area contributed by atoms with Gasteiger partial charge in [-0.1, -0.05) is 60.3 Å². The van der Waals surface area contributed by atoms with E-state index in [4.69, 9.17) is 14.2 Å². The minimum Gasteiger partial charge on any atom is -0.506 e. The van der Waals surface area contributed by atoms with Gasteiger partial charge >= 0.3 is 5.97 Å². The van der Waals surface area contributed by atoms with E-state index in [0.717, 1.165) is 17.3 Å². The van der Waals surface area contributed by atoms with Crippen LogP contribution in [0.25, 0.3) is 6.08 Å². The molecule has 1 N–H and O–H groups in total. The van der Waals surface area contributed by atoms with E-state index in [1.165, 1.54) is 0 Å². The van der Waals surface area contributed by atoms with E-state index in [9.17, 15) is 14.7 Å². The van der Waals surface area contributed by atoms with E-state index in [1.807, 2.05) is 43.3 Å². The molecule has 0 spiro atoms. The van der Waals surface area contributed by atoms with Crippen LogP contribution in [0.4, 0.5) is 0 Å². The average Bonchev–Trinajstić information content (AvgIpc) is 3.23. The second-order valence-electron chi connectivity index (χ2n) is 8.18. The summed E-state index contributed by atoms with van der Waals surface area (Å²) in [5.74, 6) is -0.539. The monoisotopic (exact) mass is 607 g/mol. The molecule has 0 radical (unpaired) electrons. The summed E-state index contributed by atoms with van der Waals surface area (Å²) in [7, 11) is 0. The number of amides is 1. The number of rotatable bonds is 9. The first-order valence-electron chi connectivity index (χ1n) is 12.2. The maximum absolute atomic E-state index is 12.7. The molecule has 1 amide bonds. The molecule has 1 aliphatic heterocycles. The van der Waals surface area contributed by atoms with Crippen molar-refractivity contribution in [3.63, 3.8) is 0 Å². The van der Waals surface area contributed by atoms with Gasteiger partial charge in [0.05, 0.1) is 22.6 Å². The zero-order chi connectivity index (χ0) is 27.8. The number of thioether (sulfide) groups is 1. The predicted octanol–water partition coefficient (Wildman–Crippen LogP) is 7.13. The number of hydrogen-bond acceptors (Lipinski definition) is 7. The van der Waals surface area contributed by atoms with Crippen LogP contribution >= 0.6 is 27.7 Å². The SMILES string of the molecule is CCOC(=O)C1=C(O)/C(=C/c2cc(Br)c(OCc3ccccc3)c(OCC)c2)SC1=NC(=O)c1ccccc1. The first-order chi connectivity index (χ1) is 18.9. The van der Waals surface area contributed by atoms with Gasteiger partial charge < -0.3 is 19.3 Å². The van der Waals surface area contributed by atoms with Crippen LogP contribution in [0.2, 0.25) is 0 Å². The number of esters is 1. The van der Waals surface area contributed by atoms with E-state index in [0.29, 0.717) is 45.2 Å². The quantitative estimate of drug-likeness (QED) is 0.258. The van der Waals surface area contributed by atoms with Crippen LogP contribution in [0.5, 0.6) is 11.5 Å². The third kappa shape index (κ3) is 6.99. The molecule has 0 bridgehead atoms. The molecule has 4 rings (SSSR count). The highest BCUT2D eigenvalue weighted by Crippen LogP contribution is 2.42.